The number of benzene rings is 1. The Bertz CT molecular complexity index is 511. The molecule has 5 nitrogen and oxygen atoms in total. The maximum absolute atomic E-state index is 9.03. The van der Waals surface area contributed by atoms with Gasteiger partial charge in [-0.15, -0.1) is 0 Å². The van der Waals surface area contributed by atoms with Crippen molar-refractivity contribution in [3.8, 4) is 0 Å². The van der Waals surface area contributed by atoms with Gasteiger partial charge >= 0.3 is 6.01 Å². The minimum Gasteiger partial charge on any atom is -0.396 e. The van der Waals surface area contributed by atoms with Crippen LogP contribution >= 0.6 is 0 Å². The summed E-state index contributed by atoms with van der Waals surface area (Å²) in [4.78, 5) is 4.33. The number of nitrogens with one attached hydrogen (secondary N) is 1. The van der Waals surface area contributed by atoms with E-state index in [4.69, 9.17) is 9.63 Å². The van der Waals surface area contributed by atoms with Crippen molar-refractivity contribution in [2.45, 2.75) is 38.6 Å². The van der Waals surface area contributed by atoms with Crippen molar-refractivity contribution >= 4 is 6.01 Å². The van der Waals surface area contributed by atoms with E-state index in [0.717, 1.165) is 18.4 Å². The van der Waals surface area contributed by atoms with Crippen LogP contribution < -0.4 is 5.32 Å². The predicted molar refractivity (Wildman–Crippen MR) is 77.5 cm³/mol. The molecule has 108 valence electrons. The van der Waals surface area contributed by atoms with Crippen molar-refractivity contribution in [2.24, 2.45) is 0 Å². The summed E-state index contributed by atoms with van der Waals surface area (Å²) < 4.78 is 5.22. The van der Waals surface area contributed by atoms with Gasteiger partial charge in [-0.1, -0.05) is 49.3 Å². The van der Waals surface area contributed by atoms with Crippen molar-refractivity contribution in [1.29, 1.82) is 0 Å². The lowest BCUT2D eigenvalue weighted by atomic mass is 10.0. The molecular weight excluding hydrogens is 254 g/mol. The van der Waals surface area contributed by atoms with Gasteiger partial charge in [0.2, 0.25) is 0 Å². The number of aliphatic hydroxyl groups excluding tert-OH is 1. The zero-order chi connectivity index (χ0) is 14.4. The number of nitrogens with zero attached hydrogens (tertiary/aromatic N) is 2. The van der Waals surface area contributed by atoms with Gasteiger partial charge in [0.15, 0.2) is 5.82 Å². The molecule has 2 N–H and O–H groups in total. The van der Waals surface area contributed by atoms with Crippen LogP contribution in [0.25, 0.3) is 0 Å². The summed E-state index contributed by atoms with van der Waals surface area (Å²) in [6.45, 7) is 4.22. The van der Waals surface area contributed by atoms with Crippen LogP contribution in [-0.2, 0) is 0 Å². The molecule has 0 fully saturated rings. The molecule has 0 spiro atoms. The molecule has 0 saturated carbocycles. The normalized spacial score (nSPS) is 12.6. The third-order valence-electron chi connectivity index (χ3n) is 3.11. The van der Waals surface area contributed by atoms with E-state index in [1.165, 1.54) is 0 Å². The molecule has 2 aromatic rings. The lowest BCUT2D eigenvalue weighted by Crippen LogP contribution is -2.11. The van der Waals surface area contributed by atoms with Gasteiger partial charge in [-0.25, -0.2) is 0 Å². The molecule has 1 atom stereocenters. The van der Waals surface area contributed by atoms with E-state index < -0.39 is 0 Å². The minimum absolute atomic E-state index is 0.0591. The molecule has 0 radical (unpaired) electrons. The Morgan fingerprint density at radius 2 is 2.00 bits per heavy atom. The van der Waals surface area contributed by atoms with Gasteiger partial charge in [0, 0.05) is 12.5 Å². The SMILES string of the molecule is CC(C)c1noc(NC(CCCO)c2ccccc2)n1. The van der Waals surface area contributed by atoms with E-state index in [-0.39, 0.29) is 18.6 Å². The van der Waals surface area contributed by atoms with Gasteiger partial charge in [-0.2, -0.15) is 4.98 Å². The van der Waals surface area contributed by atoms with Crippen molar-refractivity contribution in [3.63, 3.8) is 0 Å². The van der Waals surface area contributed by atoms with E-state index >= 15 is 0 Å². The molecule has 20 heavy (non-hydrogen) atoms. The molecule has 0 aliphatic heterocycles. The van der Waals surface area contributed by atoms with E-state index in [2.05, 4.69) is 27.6 Å². The third-order valence-corrected chi connectivity index (χ3v) is 3.11. The smallest absolute Gasteiger partial charge is 0.321 e. The van der Waals surface area contributed by atoms with E-state index in [9.17, 15) is 0 Å². The fourth-order valence-corrected chi connectivity index (χ4v) is 1.98. The van der Waals surface area contributed by atoms with Crippen LogP contribution in [0.3, 0.4) is 0 Å². The van der Waals surface area contributed by atoms with Crippen LogP contribution in [0.2, 0.25) is 0 Å². The number of anilines is 1. The second-order valence-electron chi connectivity index (χ2n) is 5.09. The number of aliphatic hydroxyl groups is 1. The second kappa shape index (κ2) is 7.05. The summed E-state index contributed by atoms with van der Waals surface area (Å²) in [6, 6.07) is 10.6. The predicted octanol–water partition coefficient (Wildman–Crippen LogP) is 3.12. The lowest BCUT2D eigenvalue weighted by Gasteiger charge is -2.17. The van der Waals surface area contributed by atoms with Gasteiger partial charge in [-0.3, -0.25) is 0 Å². The van der Waals surface area contributed by atoms with E-state index in [1.54, 1.807) is 0 Å². The van der Waals surface area contributed by atoms with Crippen molar-refractivity contribution in [2.75, 3.05) is 11.9 Å². The zero-order valence-corrected chi connectivity index (χ0v) is 11.9. The minimum atomic E-state index is 0.0591. The molecule has 1 unspecified atom stereocenters. The van der Waals surface area contributed by atoms with Gasteiger partial charge in [0.1, 0.15) is 0 Å². The zero-order valence-electron chi connectivity index (χ0n) is 11.9. The largest absolute Gasteiger partial charge is 0.396 e. The first kappa shape index (κ1) is 14.5. The number of hydrogen-bond donors (Lipinski definition) is 2. The molecule has 1 aromatic heterocycles. The third kappa shape index (κ3) is 3.81. The van der Waals surface area contributed by atoms with Crippen molar-refractivity contribution in [1.82, 2.24) is 10.1 Å². The Hall–Kier alpha value is -1.88. The number of aromatic nitrogens is 2. The highest BCUT2D eigenvalue weighted by molar-refractivity contribution is 5.29. The molecular formula is C15H21N3O2. The van der Waals surface area contributed by atoms with E-state index in [0.29, 0.717) is 11.8 Å². The topological polar surface area (TPSA) is 71.2 Å². The van der Waals surface area contributed by atoms with Crippen LogP contribution in [0.5, 0.6) is 0 Å². The molecule has 1 heterocycles. The molecule has 1 aromatic carbocycles. The Morgan fingerprint density at radius 3 is 2.60 bits per heavy atom. The van der Waals surface area contributed by atoms with Crippen LogP contribution in [0.1, 0.15) is 50.0 Å². The van der Waals surface area contributed by atoms with Gasteiger partial charge in [-0.05, 0) is 18.4 Å². The van der Waals surface area contributed by atoms with E-state index in [1.807, 2.05) is 32.0 Å². The second-order valence-corrected chi connectivity index (χ2v) is 5.09. The summed E-state index contributed by atoms with van der Waals surface area (Å²) in [5.41, 5.74) is 1.14. The first-order chi connectivity index (χ1) is 9.70. The molecule has 0 bridgehead atoms. The average molecular weight is 275 g/mol. The van der Waals surface area contributed by atoms with Crippen LogP contribution in [0, 0.1) is 0 Å². The van der Waals surface area contributed by atoms with Crippen LogP contribution in [-0.4, -0.2) is 21.9 Å². The van der Waals surface area contributed by atoms with Crippen molar-refractivity contribution < 1.29 is 9.63 Å². The standard InChI is InChI=1S/C15H21N3O2/c1-11(2)14-17-15(20-18-14)16-13(9-6-10-19)12-7-4-3-5-8-12/h3-5,7-8,11,13,19H,6,9-10H2,1-2H3,(H,16,17,18). The quantitative estimate of drug-likeness (QED) is 0.812. The summed E-state index contributed by atoms with van der Waals surface area (Å²) in [5.74, 6) is 0.934. The summed E-state index contributed by atoms with van der Waals surface area (Å²) in [5, 5.41) is 16.2. The highest BCUT2D eigenvalue weighted by Gasteiger charge is 2.15. The fraction of sp³-hybridized carbons (Fsp3) is 0.467. The Balaban J connectivity index is 2.10. The Morgan fingerprint density at radius 1 is 1.25 bits per heavy atom. The summed E-state index contributed by atoms with van der Waals surface area (Å²) >= 11 is 0. The lowest BCUT2D eigenvalue weighted by molar-refractivity contribution is 0.280. The molecule has 0 aliphatic carbocycles. The average Bonchev–Trinajstić information content (AvgIpc) is 2.93. The first-order valence-electron chi connectivity index (χ1n) is 6.96. The highest BCUT2D eigenvalue weighted by atomic mass is 16.5. The number of hydrogen-bond acceptors (Lipinski definition) is 5. The molecule has 2 rings (SSSR count). The highest BCUT2D eigenvalue weighted by Crippen LogP contribution is 2.23. The fourth-order valence-electron chi connectivity index (χ4n) is 1.98. The monoisotopic (exact) mass is 275 g/mol. The summed E-state index contributed by atoms with van der Waals surface area (Å²) in [7, 11) is 0. The van der Waals surface area contributed by atoms with Gasteiger partial charge in [0.05, 0.1) is 6.04 Å². The maximum atomic E-state index is 9.03. The summed E-state index contributed by atoms with van der Waals surface area (Å²) in [6.07, 6.45) is 1.53. The Labute approximate surface area is 119 Å². The molecule has 0 aliphatic rings. The van der Waals surface area contributed by atoms with Crippen LogP contribution in [0.4, 0.5) is 6.01 Å². The molecule has 0 saturated heterocycles. The van der Waals surface area contributed by atoms with Crippen molar-refractivity contribution in [3.05, 3.63) is 41.7 Å². The number of rotatable bonds is 7. The first-order valence-corrected chi connectivity index (χ1v) is 6.96. The molecule has 5 heteroatoms. The molecule has 0 amide bonds. The maximum Gasteiger partial charge on any atom is 0.321 e. The van der Waals surface area contributed by atoms with Gasteiger partial charge in [0.25, 0.3) is 0 Å². The van der Waals surface area contributed by atoms with Crippen LogP contribution in [0.15, 0.2) is 34.9 Å². The Kier molecular flexibility index (Phi) is 5.12. The van der Waals surface area contributed by atoms with Gasteiger partial charge < -0.3 is 14.9 Å².